The lowest BCUT2D eigenvalue weighted by molar-refractivity contribution is 0.666. The van der Waals surface area contributed by atoms with Crippen molar-refractivity contribution in [2.45, 2.75) is 19.3 Å². The topological polar surface area (TPSA) is 25.8 Å². The number of nitrogens with zero attached hydrogens (tertiary/aromatic N) is 2. The van der Waals surface area contributed by atoms with Crippen molar-refractivity contribution in [2.24, 2.45) is 0 Å². The van der Waals surface area contributed by atoms with Gasteiger partial charge < -0.3 is 0 Å². The van der Waals surface area contributed by atoms with E-state index in [4.69, 9.17) is 9.97 Å². The highest BCUT2D eigenvalue weighted by atomic mass is 14.9. The van der Waals surface area contributed by atoms with Gasteiger partial charge in [-0.1, -0.05) is 196 Å². The van der Waals surface area contributed by atoms with Crippen molar-refractivity contribution in [3.8, 4) is 67.3 Å². The van der Waals surface area contributed by atoms with Crippen LogP contribution in [0.2, 0.25) is 0 Å². The molecule has 0 amide bonds. The van der Waals surface area contributed by atoms with Gasteiger partial charge in [0.1, 0.15) is 0 Å². The van der Waals surface area contributed by atoms with Crippen LogP contribution < -0.4 is 0 Å². The summed E-state index contributed by atoms with van der Waals surface area (Å²) < 4.78 is 0. The monoisotopic (exact) mass is 726 g/mol. The third-order valence-electron chi connectivity index (χ3n) is 12.1. The Bertz CT molecular complexity index is 3210. The Morgan fingerprint density at radius 2 is 0.877 bits per heavy atom. The average molecular weight is 727 g/mol. The van der Waals surface area contributed by atoms with Crippen LogP contribution in [0.3, 0.4) is 0 Å². The van der Waals surface area contributed by atoms with Gasteiger partial charge in [-0.2, -0.15) is 0 Å². The van der Waals surface area contributed by atoms with Crippen LogP contribution in [0.5, 0.6) is 0 Å². The summed E-state index contributed by atoms with van der Waals surface area (Å²) in [5, 5.41) is 7.29. The second-order valence-corrected chi connectivity index (χ2v) is 15.7. The van der Waals surface area contributed by atoms with E-state index in [-0.39, 0.29) is 5.41 Å². The molecule has 0 saturated carbocycles. The molecule has 9 aromatic carbocycles. The zero-order valence-electron chi connectivity index (χ0n) is 31.9. The molecule has 0 atom stereocenters. The summed E-state index contributed by atoms with van der Waals surface area (Å²) in [4.78, 5) is 10.8. The van der Waals surface area contributed by atoms with Crippen LogP contribution in [0.25, 0.3) is 99.6 Å². The van der Waals surface area contributed by atoms with Gasteiger partial charge in [-0.05, 0) is 89.0 Å². The molecule has 268 valence electrons. The third kappa shape index (κ3) is 5.33. The smallest absolute Gasteiger partial charge is 0.161 e. The number of rotatable bonds is 5. The molecule has 2 nitrogen and oxygen atoms in total. The van der Waals surface area contributed by atoms with E-state index in [1.807, 2.05) is 0 Å². The fourth-order valence-corrected chi connectivity index (χ4v) is 9.38. The molecule has 1 heterocycles. The van der Waals surface area contributed by atoms with Crippen molar-refractivity contribution in [3.63, 3.8) is 0 Å². The van der Waals surface area contributed by atoms with Crippen LogP contribution in [0, 0.1) is 0 Å². The first kappa shape index (κ1) is 33.2. The maximum absolute atomic E-state index is 5.41. The summed E-state index contributed by atoms with van der Waals surface area (Å²) in [6, 6.07) is 70.0. The molecule has 10 aromatic rings. The van der Waals surface area contributed by atoms with E-state index in [0.717, 1.165) is 50.0 Å². The molecule has 0 N–H and O–H groups in total. The SMILES string of the molecule is CC1(C)c2cc(-c3ccc(-c4cc(-c5ccccc5-c5ccccc5)nc(-c5cccc6ccccc56)n4)c4ccccc34)ccc2-c2ccc3ccccc3c21. The van der Waals surface area contributed by atoms with Crippen LogP contribution in [-0.4, -0.2) is 9.97 Å². The predicted molar refractivity (Wildman–Crippen MR) is 239 cm³/mol. The molecular weight excluding hydrogens is 689 g/mol. The molecule has 0 radical (unpaired) electrons. The lowest BCUT2D eigenvalue weighted by Gasteiger charge is -2.24. The lowest BCUT2D eigenvalue weighted by atomic mass is 9.79. The predicted octanol–water partition coefficient (Wildman–Crippen LogP) is 14.6. The summed E-state index contributed by atoms with van der Waals surface area (Å²) in [5.74, 6) is 0.711. The summed E-state index contributed by atoms with van der Waals surface area (Å²) >= 11 is 0. The van der Waals surface area contributed by atoms with Gasteiger partial charge in [-0.15, -0.1) is 0 Å². The fourth-order valence-electron chi connectivity index (χ4n) is 9.38. The van der Waals surface area contributed by atoms with Gasteiger partial charge in [0, 0.05) is 22.1 Å². The largest absolute Gasteiger partial charge is 0.228 e. The Balaban J connectivity index is 1.10. The van der Waals surface area contributed by atoms with E-state index in [1.165, 1.54) is 54.9 Å². The van der Waals surface area contributed by atoms with Crippen LogP contribution >= 0.6 is 0 Å². The Hall–Kier alpha value is -7.16. The van der Waals surface area contributed by atoms with Crippen molar-refractivity contribution < 1.29 is 0 Å². The highest BCUT2D eigenvalue weighted by Crippen LogP contribution is 2.52. The molecule has 57 heavy (non-hydrogen) atoms. The molecule has 1 aliphatic carbocycles. The minimum absolute atomic E-state index is 0.136. The number of hydrogen-bond acceptors (Lipinski definition) is 2. The van der Waals surface area contributed by atoms with Crippen molar-refractivity contribution in [1.82, 2.24) is 9.97 Å². The normalized spacial score (nSPS) is 12.9. The molecule has 0 bridgehead atoms. The van der Waals surface area contributed by atoms with E-state index in [2.05, 4.69) is 208 Å². The molecule has 0 aliphatic heterocycles. The Kier molecular flexibility index (Phi) is 7.55. The molecule has 1 aliphatic rings. The first-order valence-electron chi connectivity index (χ1n) is 19.7. The van der Waals surface area contributed by atoms with E-state index < -0.39 is 0 Å². The van der Waals surface area contributed by atoms with Crippen LogP contribution in [-0.2, 0) is 5.41 Å². The summed E-state index contributed by atoms with van der Waals surface area (Å²) in [5.41, 5.74) is 15.0. The van der Waals surface area contributed by atoms with Gasteiger partial charge in [0.2, 0.25) is 0 Å². The molecule has 1 aromatic heterocycles. The Labute approximate surface area is 332 Å². The minimum Gasteiger partial charge on any atom is -0.228 e. The van der Waals surface area contributed by atoms with E-state index in [0.29, 0.717) is 5.82 Å². The summed E-state index contributed by atoms with van der Waals surface area (Å²) in [6.45, 7) is 4.76. The van der Waals surface area contributed by atoms with E-state index >= 15 is 0 Å². The molecule has 0 spiro atoms. The van der Waals surface area contributed by atoms with Crippen molar-refractivity contribution in [2.75, 3.05) is 0 Å². The zero-order valence-corrected chi connectivity index (χ0v) is 31.9. The number of hydrogen-bond donors (Lipinski definition) is 0. The maximum Gasteiger partial charge on any atom is 0.161 e. The van der Waals surface area contributed by atoms with Crippen LogP contribution in [0.4, 0.5) is 0 Å². The first-order valence-corrected chi connectivity index (χ1v) is 19.7. The Morgan fingerprint density at radius 1 is 0.333 bits per heavy atom. The molecule has 0 saturated heterocycles. The lowest BCUT2D eigenvalue weighted by Crippen LogP contribution is -2.15. The van der Waals surface area contributed by atoms with Gasteiger partial charge in [-0.3, -0.25) is 0 Å². The van der Waals surface area contributed by atoms with E-state index in [9.17, 15) is 0 Å². The van der Waals surface area contributed by atoms with E-state index in [1.54, 1.807) is 0 Å². The number of aromatic nitrogens is 2. The van der Waals surface area contributed by atoms with Gasteiger partial charge in [0.05, 0.1) is 11.4 Å². The average Bonchev–Trinajstić information content (AvgIpc) is 3.51. The number of fused-ring (bicyclic) bond motifs is 7. The quantitative estimate of drug-likeness (QED) is 0.176. The summed E-state index contributed by atoms with van der Waals surface area (Å²) in [7, 11) is 0. The van der Waals surface area contributed by atoms with Crippen molar-refractivity contribution in [3.05, 3.63) is 205 Å². The van der Waals surface area contributed by atoms with Crippen molar-refractivity contribution >= 4 is 32.3 Å². The van der Waals surface area contributed by atoms with Gasteiger partial charge in [0.25, 0.3) is 0 Å². The van der Waals surface area contributed by atoms with Gasteiger partial charge >= 0.3 is 0 Å². The molecular formula is C55H38N2. The second-order valence-electron chi connectivity index (χ2n) is 15.7. The molecule has 11 rings (SSSR count). The van der Waals surface area contributed by atoms with Gasteiger partial charge in [0.15, 0.2) is 5.82 Å². The molecule has 0 unspecified atom stereocenters. The number of benzene rings is 9. The van der Waals surface area contributed by atoms with Crippen LogP contribution in [0.1, 0.15) is 25.0 Å². The summed E-state index contributed by atoms with van der Waals surface area (Å²) in [6.07, 6.45) is 0. The Morgan fingerprint density at radius 3 is 1.67 bits per heavy atom. The first-order chi connectivity index (χ1) is 28.0. The highest BCUT2D eigenvalue weighted by molar-refractivity contribution is 6.06. The standard InChI is InChI=1S/C55H38N2/c1-55(2)50-33-38(28-29-45(50)48-30-27-37-18-7-9-22-42(37)53(48)55)41-31-32-47(44-24-12-11-23-43(41)44)52-34-51(46-25-13-10-20-39(46)35-15-4-3-5-16-35)56-54(57-52)49-26-14-19-36-17-6-8-21-40(36)49/h3-34H,1-2H3. The van der Waals surface area contributed by atoms with Crippen LogP contribution in [0.15, 0.2) is 194 Å². The minimum atomic E-state index is -0.136. The maximum atomic E-state index is 5.41. The molecule has 2 heteroatoms. The third-order valence-corrected chi connectivity index (χ3v) is 12.1. The zero-order chi connectivity index (χ0) is 38.1. The van der Waals surface area contributed by atoms with Crippen molar-refractivity contribution in [1.29, 1.82) is 0 Å². The fraction of sp³-hybridized carbons (Fsp3) is 0.0545. The molecule has 0 fully saturated rings. The second kappa shape index (κ2) is 13.0. The highest BCUT2D eigenvalue weighted by Gasteiger charge is 2.37. The van der Waals surface area contributed by atoms with Gasteiger partial charge in [-0.25, -0.2) is 9.97 Å².